The maximum atomic E-state index is 12.7. The van der Waals surface area contributed by atoms with Crippen molar-refractivity contribution in [3.05, 3.63) is 88.8 Å². The minimum Gasteiger partial charge on any atom is -0.343 e. The predicted octanol–water partition coefficient (Wildman–Crippen LogP) is 5.71. The number of rotatable bonds is 8. The molecule has 0 N–H and O–H groups in total. The Morgan fingerprint density at radius 2 is 1.71 bits per heavy atom. The van der Waals surface area contributed by atoms with Crippen LogP contribution in [0.3, 0.4) is 0 Å². The van der Waals surface area contributed by atoms with E-state index in [1.165, 1.54) is 17.3 Å². The molecule has 2 aliphatic rings. The first-order valence-electron chi connectivity index (χ1n) is 11.9. The third-order valence-electron chi connectivity index (χ3n) is 6.32. The Kier molecular flexibility index (Phi) is 8.72. The van der Waals surface area contributed by atoms with Crippen LogP contribution in [0.25, 0.3) is 6.08 Å². The van der Waals surface area contributed by atoms with E-state index in [1.807, 2.05) is 59.5 Å². The number of carbonyl (C=O) groups excluding carboxylic acids is 2. The average Bonchev–Trinajstić information content (AvgIpc) is 3.13. The van der Waals surface area contributed by atoms with Crippen LogP contribution in [0, 0.1) is 5.92 Å². The van der Waals surface area contributed by atoms with Crippen LogP contribution in [0.4, 0.5) is 0 Å². The van der Waals surface area contributed by atoms with Crippen molar-refractivity contribution in [3.8, 4) is 0 Å². The molecule has 2 aliphatic heterocycles. The number of piperidine rings is 1. The van der Waals surface area contributed by atoms with E-state index in [9.17, 15) is 9.59 Å². The SMILES string of the molecule is O=C(CCCN1C(=O)C(=CC=Cc2ccccc2)SC1=S)N1CCC(Cc2ccccc2)CC1. The van der Waals surface area contributed by atoms with Gasteiger partial charge in [-0.2, -0.15) is 0 Å². The molecule has 0 spiro atoms. The molecule has 0 bridgehead atoms. The first-order valence-corrected chi connectivity index (χ1v) is 13.1. The summed E-state index contributed by atoms with van der Waals surface area (Å²) in [6, 6.07) is 20.5. The zero-order chi connectivity index (χ0) is 23.8. The maximum Gasteiger partial charge on any atom is 0.266 e. The van der Waals surface area contributed by atoms with Gasteiger partial charge in [0.2, 0.25) is 5.91 Å². The van der Waals surface area contributed by atoms with Gasteiger partial charge >= 0.3 is 0 Å². The lowest BCUT2D eigenvalue weighted by Crippen LogP contribution is -2.39. The summed E-state index contributed by atoms with van der Waals surface area (Å²) in [4.78, 5) is 29.7. The molecule has 0 aromatic heterocycles. The molecule has 6 heteroatoms. The molecule has 0 atom stereocenters. The van der Waals surface area contributed by atoms with Gasteiger partial charge < -0.3 is 4.90 Å². The topological polar surface area (TPSA) is 40.6 Å². The number of nitrogens with zero attached hydrogens (tertiary/aromatic N) is 2. The molecule has 2 heterocycles. The second-order valence-electron chi connectivity index (χ2n) is 8.74. The van der Waals surface area contributed by atoms with Crippen molar-refractivity contribution in [1.82, 2.24) is 9.80 Å². The quantitative estimate of drug-likeness (QED) is 0.351. The van der Waals surface area contributed by atoms with Gasteiger partial charge in [0.1, 0.15) is 4.32 Å². The van der Waals surface area contributed by atoms with Crippen molar-refractivity contribution in [1.29, 1.82) is 0 Å². The molecule has 2 fully saturated rings. The number of hydrogen-bond donors (Lipinski definition) is 0. The molecule has 4 rings (SSSR count). The number of carbonyl (C=O) groups is 2. The zero-order valence-electron chi connectivity index (χ0n) is 19.3. The van der Waals surface area contributed by atoms with Crippen molar-refractivity contribution in [2.24, 2.45) is 5.92 Å². The van der Waals surface area contributed by atoms with Crippen LogP contribution in [0.5, 0.6) is 0 Å². The third kappa shape index (κ3) is 6.67. The van der Waals surface area contributed by atoms with Gasteiger partial charge in [0.15, 0.2) is 0 Å². The summed E-state index contributed by atoms with van der Waals surface area (Å²) in [5, 5.41) is 0. The molecule has 34 heavy (non-hydrogen) atoms. The Bertz CT molecular complexity index is 1060. The Hall–Kier alpha value is -2.70. The van der Waals surface area contributed by atoms with Crippen molar-refractivity contribution < 1.29 is 9.59 Å². The zero-order valence-corrected chi connectivity index (χ0v) is 20.9. The fourth-order valence-corrected chi connectivity index (χ4v) is 5.66. The summed E-state index contributed by atoms with van der Waals surface area (Å²) in [5.41, 5.74) is 2.46. The molecule has 176 valence electrons. The number of benzene rings is 2. The van der Waals surface area contributed by atoms with Gasteiger partial charge in [-0.1, -0.05) is 96.8 Å². The summed E-state index contributed by atoms with van der Waals surface area (Å²) in [6.07, 6.45) is 9.94. The Morgan fingerprint density at radius 3 is 2.41 bits per heavy atom. The van der Waals surface area contributed by atoms with Gasteiger partial charge in [0.25, 0.3) is 5.91 Å². The number of allylic oxidation sites excluding steroid dienone is 2. The Labute approximate surface area is 211 Å². The highest BCUT2D eigenvalue weighted by atomic mass is 32.2. The molecular formula is C28H30N2O2S2. The summed E-state index contributed by atoms with van der Waals surface area (Å²) < 4.78 is 0.568. The molecule has 0 unspecified atom stereocenters. The third-order valence-corrected chi connectivity index (χ3v) is 7.71. The summed E-state index contributed by atoms with van der Waals surface area (Å²) in [5.74, 6) is 0.760. The Morgan fingerprint density at radius 1 is 1.03 bits per heavy atom. The van der Waals surface area contributed by atoms with Crippen molar-refractivity contribution in [2.75, 3.05) is 19.6 Å². The number of amides is 2. The van der Waals surface area contributed by atoms with Crippen molar-refractivity contribution >= 4 is 46.2 Å². The van der Waals surface area contributed by atoms with E-state index >= 15 is 0 Å². The molecule has 2 amide bonds. The second kappa shape index (κ2) is 12.1. The molecule has 0 saturated carbocycles. The highest BCUT2D eigenvalue weighted by Gasteiger charge is 2.31. The number of likely N-dealkylation sites (tertiary alicyclic amines) is 1. The van der Waals surface area contributed by atoms with Crippen LogP contribution >= 0.6 is 24.0 Å². The van der Waals surface area contributed by atoms with E-state index in [2.05, 4.69) is 24.3 Å². The number of hydrogen-bond acceptors (Lipinski definition) is 4. The van der Waals surface area contributed by atoms with Gasteiger partial charge in [-0.05, 0) is 48.8 Å². The average molecular weight is 491 g/mol. The van der Waals surface area contributed by atoms with Crippen LogP contribution in [0.2, 0.25) is 0 Å². The summed E-state index contributed by atoms with van der Waals surface area (Å²) in [7, 11) is 0. The standard InChI is InChI=1S/C28H30N2O2S2/c31-26(29-19-16-24(17-20-29)21-23-11-5-2-6-12-23)15-8-18-30-27(32)25(34-28(30)33)14-7-13-22-9-3-1-4-10-22/h1-7,9-14,24H,8,15-21H2. The van der Waals surface area contributed by atoms with Gasteiger partial charge in [0.05, 0.1) is 4.91 Å². The largest absolute Gasteiger partial charge is 0.343 e. The lowest BCUT2D eigenvalue weighted by molar-refractivity contribution is -0.133. The molecule has 0 radical (unpaired) electrons. The minimum atomic E-state index is -0.0677. The van der Waals surface area contributed by atoms with Gasteiger partial charge in [-0.25, -0.2) is 0 Å². The van der Waals surface area contributed by atoms with Gasteiger partial charge in [-0.15, -0.1) is 0 Å². The Balaban J connectivity index is 1.19. The predicted molar refractivity (Wildman–Crippen MR) is 144 cm³/mol. The number of thiocarbonyl (C=S) groups is 1. The van der Waals surface area contributed by atoms with Crippen LogP contribution in [-0.4, -0.2) is 45.6 Å². The molecule has 2 saturated heterocycles. The lowest BCUT2D eigenvalue weighted by Gasteiger charge is -2.32. The van der Waals surface area contributed by atoms with E-state index in [0.717, 1.165) is 37.9 Å². The summed E-state index contributed by atoms with van der Waals surface area (Å²) >= 11 is 6.74. The van der Waals surface area contributed by atoms with Crippen molar-refractivity contribution in [2.45, 2.75) is 32.1 Å². The van der Waals surface area contributed by atoms with Gasteiger partial charge in [-0.3, -0.25) is 14.5 Å². The van der Waals surface area contributed by atoms with Crippen molar-refractivity contribution in [3.63, 3.8) is 0 Å². The van der Waals surface area contributed by atoms with E-state index < -0.39 is 0 Å². The normalized spacial score (nSPS) is 18.4. The fourth-order valence-electron chi connectivity index (χ4n) is 4.40. The smallest absolute Gasteiger partial charge is 0.266 e. The molecule has 0 aliphatic carbocycles. The molecule has 2 aromatic rings. The molecule has 4 nitrogen and oxygen atoms in total. The van der Waals surface area contributed by atoms with Crippen LogP contribution < -0.4 is 0 Å². The van der Waals surface area contributed by atoms with Gasteiger partial charge in [0, 0.05) is 26.1 Å². The second-order valence-corrected chi connectivity index (χ2v) is 10.4. The van der Waals surface area contributed by atoms with E-state index in [4.69, 9.17) is 12.2 Å². The maximum absolute atomic E-state index is 12.7. The molecule has 2 aromatic carbocycles. The first-order chi connectivity index (χ1) is 16.6. The highest BCUT2D eigenvalue weighted by Crippen LogP contribution is 2.31. The van der Waals surface area contributed by atoms with Crippen LogP contribution in [0.1, 0.15) is 36.8 Å². The lowest BCUT2D eigenvalue weighted by atomic mass is 9.90. The van der Waals surface area contributed by atoms with Crippen LogP contribution in [0.15, 0.2) is 77.7 Å². The van der Waals surface area contributed by atoms with E-state index in [1.54, 1.807) is 4.90 Å². The first kappa shape index (κ1) is 24.4. The monoisotopic (exact) mass is 490 g/mol. The highest BCUT2D eigenvalue weighted by molar-refractivity contribution is 8.26. The molecular weight excluding hydrogens is 460 g/mol. The number of thioether (sulfide) groups is 1. The van der Waals surface area contributed by atoms with Crippen LogP contribution in [-0.2, 0) is 16.0 Å². The minimum absolute atomic E-state index is 0.0677. The summed E-state index contributed by atoms with van der Waals surface area (Å²) in [6.45, 7) is 2.14. The fraction of sp³-hybridized carbons (Fsp3) is 0.321. The van der Waals surface area contributed by atoms with E-state index in [0.29, 0.717) is 34.5 Å². The van der Waals surface area contributed by atoms with E-state index in [-0.39, 0.29) is 11.8 Å².